The summed E-state index contributed by atoms with van der Waals surface area (Å²) in [6.07, 6.45) is 1.49. The minimum absolute atomic E-state index is 0.0233. The third kappa shape index (κ3) is 4.58. The van der Waals surface area contributed by atoms with E-state index in [1.165, 1.54) is 18.3 Å². The highest BCUT2D eigenvalue weighted by atomic mass is 35.5. The Morgan fingerprint density at radius 3 is 2.69 bits per heavy atom. The van der Waals surface area contributed by atoms with Gasteiger partial charge in [-0.3, -0.25) is 0 Å². The molecule has 0 saturated heterocycles. The van der Waals surface area contributed by atoms with Crippen molar-refractivity contribution < 1.29 is 9.13 Å². The van der Waals surface area contributed by atoms with Crippen LogP contribution in [-0.2, 0) is 0 Å². The molecular weight excluding hydrogens is 357 g/mol. The molecule has 1 aromatic heterocycles. The molecule has 0 fully saturated rings. The Balaban J connectivity index is 1.78. The molecule has 0 bridgehead atoms. The van der Waals surface area contributed by atoms with Crippen LogP contribution in [0.2, 0.25) is 5.02 Å². The molecule has 3 aromatic rings. The lowest BCUT2D eigenvalue weighted by Gasteiger charge is -2.14. The van der Waals surface area contributed by atoms with Crippen LogP contribution in [0.15, 0.2) is 48.7 Å². The molecular formula is C18H17ClFN5O. The zero-order valence-corrected chi connectivity index (χ0v) is 15.0. The third-order valence-corrected chi connectivity index (χ3v) is 3.54. The molecule has 6 nitrogen and oxygen atoms in total. The van der Waals surface area contributed by atoms with E-state index in [2.05, 4.69) is 25.8 Å². The maximum absolute atomic E-state index is 13.3. The lowest BCUT2D eigenvalue weighted by atomic mass is 10.3. The van der Waals surface area contributed by atoms with Crippen LogP contribution in [-0.4, -0.2) is 21.3 Å². The highest BCUT2D eigenvalue weighted by Crippen LogP contribution is 2.27. The highest BCUT2D eigenvalue weighted by Gasteiger charge is 2.08. The molecule has 2 aromatic carbocycles. The first-order valence-electron chi connectivity index (χ1n) is 7.96. The van der Waals surface area contributed by atoms with E-state index >= 15 is 0 Å². The van der Waals surface area contributed by atoms with Crippen LogP contribution in [0.3, 0.4) is 0 Å². The minimum atomic E-state index is -0.484. The van der Waals surface area contributed by atoms with Gasteiger partial charge in [0, 0.05) is 5.69 Å². The Morgan fingerprint density at radius 2 is 1.92 bits per heavy atom. The molecule has 0 aliphatic carbocycles. The molecule has 0 unspecified atom stereocenters. The number of hydrogen-bond donors (Lipinski definition) is 2. The zero-order chi connectivity index (χ0) is 18.5. The maximum Gasteiger partial charge on any atom is 0.249 e. The summed E-state index contributed by atoms with van der Waals surface area (Å²) in [4.78, 5) is 4.35. The second kappa shape index (κ2) is 7.97. The van der Waals surface area contributed by atoms with Crippen molar-refractivity contribution >= 4 is 34.7 Å². The molecule has 8 heteroatoms. The molecule has 2 N–H and O–H groups in total. The number of rotatable bonds is 6. The topological polar surface area (TPSA) is 72.0 Å². The lowest BCUT2D eigenvalue weighted by molar-refractivity contribution is 0.244. The van der Waals surface area contributed by atoms with Gasteiger partial charge >= 0.3 is 0 Å². The van der Waals surface area contributed by atoms with E-state index in [-0.39, 0.29) is 11.1 Å². The highest BCUT2D eigenvalue weighted by molar-refractivity contribution is 6.31. The van der Waals surface area contributed by atoms with Crippen molar-refractivity contribution in [3.63, 3.8) is 0 Å². The number of nitrogens with one attached hydrogen (secondary N) is 2. The average molecular weight is 374 g/mol. The fourth-order valence-corrected chi connectivity index (χ4v) is 2.37. The van der Waals surface area contributed by atoms with E-state index in [0.29, 0.717) is 23.2 Å². The molecule has 0 amide bonds. The Kier molecular flexibility index (Phi) is 5.48. The quantitative estimate of drug-likeness (QED) is 0.637. The van der Waals surface area contributed by atoms with E-state index in [9.17, 15) is 4.39 Å². The van der Waals surface area contributed by atoms with Gasteiger partial charge in [-0.2, -0.15) is 10.1 Å². The average Bonchev–Trinajstić information content (AvgIpc) is 2.60. The van der Waals surface area contributed by atoms with Crippen molar-refractivity contribution in [3.8, 4) is 5.75 Å². The SMILES string of the molecule is CC(C)Oc1ccccc1Nc1nncc(Nc2ccc(F)c(Cl)c2)n1. The van der Waals surface area contributed by atoms with Gasteiger partial charge in [-0.05, 0) is 44.2 Å². The third-order valence-electron chi connectivity index (χ3n) is 3.25. The minimum Gasteiger partial charge on any atom is -0.489 e. The van der Waals surface area contributed by atoms with Crippen LogP contribution in [0.1, 0.15) is 13.8 Å². The van der Waals surface area contributed by atoms with E-state index in [1.807, 2.05) is 38.1 Å². The summed E-state index contributed by atoms with van der Waals surface area (Å²) in [6, 6.07) is 11.8. The molecule has 3 rings (SSSR count). The standard InChI is InChI=1S/C18H17ClFN5O/c1-11(2)26-16-6-4-3-5-15(16)23-18-24-17(10-21-25-18)22-12-7-8-14(20)13(19)9-12/h3-11H,1-2H3,(H2,22,23,24,25). The van der Waals surface area contributed by atoms with Crippen LogP contribution in [0, 0.1) is 5.82 Å². The number of hydrogen-bond acceptors (Lipinski definition) is 6. The number of halogens is 2. The summed E-state index contributed by atoms with van der Waals surface area (Å²) in [7, 11) is 0. The summed E-state index contributed by atoms with van der Waals surface area (Å²) < 4.78 is 19.0. The van der Waals surface area contributed by atoms with Crippen molar-refractivity contribution in [2.75, 3.05) is 10.6 Å². The van der Waals surface area contributed by atoms with Crippen molar-refractivity contribution in [1.29, 1.82) is 0 Å². The number of para-hydroxylation sites is 2. The van der Waals surface area contributed by atoms with Crippen molar-refractivity contribution in [2.45, 2.75) is 20.0 Å². The number of benzene rings is 2. The summed E-state index contributed by atoms with van der Waals surface area (Å²) in [5, 5.41) is 14.0. The molecule has 0 aliphatic rings. The smallest absolute Gasteiger partial charge is 0.249 e. The molecule has 0 radical (unpaired) electrons. The predicted octanol–water partition coefficient (Wildman–Crippen LogP) is 4.94. The Bertz CT molecular complexity index is 906. The molecule has 0 aliphatic heterocycles. The van der Waals surface area contributed by atoms with E-state index < -0.39 is 5.82 Å². The first kappa shape index (κ1) is 17.9. The lowest BCUT2D eigenvalue weighted by Crippen LogP contribution is -2.08. The van der Waals surface area contributed by atoms with Crippen LogP contribution < -0.4 is 15.4 Å². The largest absolute Gasteiger partial charge is 0.489 e. The van der Waals surface area contributed by atoms with E-state index in [4.69, 9.17) is 16.3 Å². The summed E-state index contributed by atoms with van der Waals surface area (Å²) >= 11 is 5.79. The first-order chi connectivity index (χ1) is 12.5. The maximum atomic E-state index is 13.3. The zero-order valence-electron chi connectivity index (χ0n) is 14.2. The number of anilines is 4. The Hall–Kier alpha value is -2.93. The molecule has 0 spiro atoms. The molecule has 134 valence electrons. The van der Waals surface area contributed by atoms with Gasteiger partial charge in [-0.25, -0.2) is 4.39 Å². The molecule has 0 atom stereocenters. The Morgan fingerprint density at radius 1 is 1.12 bits per heavy atom. The second-order valence-corrected chi connectivity index (χ2v) is 6.11. The normalized spacial score (nSPS) is 10.7. The van der Waals surface area contributed by atoms with Crippen molar-refractivity contribution in [1.82, 2.24) is 15.2 Å². The van der Waals surface area contributed by atoms with Crippen molar-refractivity contribution in [3.05, 3.63) is 59.5 Å². The Labute approximate surface area is 155 Å². The van der Waals surface area contributed by atoms with Crippen LogP contribution in [0.5, 0.6) is 5.75 Å². The van der Waals surface area contributed by atoms with Gasteiger partial charge in [0.25, 0.3) is 0 Å². The molecule has 0 saturated carbocycles. The summed E-state index contributed by atoms with van der Waals surface area (Å²) in [5.74, 6) is 0.937. The monoisotopic (exact) mass is 373 g/mol. The van der Waals surface area contributed by atoms with Gasteiger partial charge in [0.2, 0.25) is 5.95 Å². The van der Waals surface area contributed by atoms with Crippen LogP contribution in [0.4, 0.5) is 27.5 Å². The van der Waals surface area contributed by atoms with Crippen molar-refractivity contribution in [2.24, 2.45) is 0 Å². The van der Waals surface area contributed by atoms with E-state index in [0.717, 1.165) is 5.69 Å². The van der Waals surface area contributed by atoms with Crippen LogP contribution >= 0.6 is 11.6 Å². The van der Waals surface area contributed by atoms with Gasteiger partial charge in [0.05, 0.1) is 23.0 Å². The van der Waals surface area contributed by atoms with Crippen LogP contribution in [0.25, 0.3) is 0 Å². The number of nitrogens with zero attached hydrogens (tertiary/aromatic N) is 3. The fourth-order valence-electron chi connectivity index (χ4n) is 2.19. The van der Waals surface area contributed by atoms with Gasteiger partial charge < -0.3 is 15.4 Å². The van der Waals surface area contributed by atoms with Gasteiger partial charge in [-0.1, -0.05) is 23.7 Å². The number of ether oxygens (including phenoxy) is 1. The van der Waals surface area contributed by atoms with E-state index in [1.54, 1.807) is 6.07 Å². The molecule has 1 heterocycles. The first-order valence-corrected chi connectivity index (χ1v) is 8.33. The fraction of sp³-hybridized carbons (Fsp3) is 0.167. The second-order valence-electron chi connectivity index (χ2n) is 5.71. The predicted molar refractivity (Wildman–Crippen MR) is 100 cm³/mol. The summed E-state index contributed by atoms with van der Waals surface area (Å²) in [5.41, 5.74) is 1.32. The number of aromatic nitrogens is 3. The van der Waals surface area contributed by atoms with Gasteiger partial charge in [0.15, 0.2) is 5.82 Å². The molecule has 26 heavy (non-hydrogen) atoms. The van der Waals surface area contributed by atoms with Gasteiger partial charge in [-0.15, -0.1) is 5.10 Å². The summed E-state index contributed by atoms with van der Waals surface area (Å²) in [6.45, 7) is 3.90. The van der Waals surface area contributed by atoms with Gasteiger partial charge in [0.1, 0.15) is 11.6 Å².